The number of unbranched alkanes of at least 4 members (excludes halogenated alkanes) is 2. The van der Waals surface area contributed by atoms with Gasteiger partial charge in [-0.3, -0.25) is 0 Å². The molecule has 0 aromatic heterocycles. The molecule has 0 saturated heterocycles. The maximum absolute atomic E-state index is 14.3. The quantitative estimate of drug-likeness (QED) is 0.418. The molecule has 0 bridgehead atoms. The number of halogens is 2. The Morgan fingerprint density at radius 1 is 0.759 bits per heavy atom. The first-order chi connectivity index (χ1) is 14.2. The summed E-state index contributed by atoms with van der Waals surface area (Å²) in [7, 11) is 0. The molecule has 3 aliphatic rings. The zero-order valence-electron chi connectivity index (χ0n) is 18.4. The first-order valence-electron chi connectivity index (χ1n) is 12.6. The molecule has 0 heterocycles. The smallest absolute Gasteiger partial charge is 0.162 e. The van der Waals surface area contributed by atoms with Crippen molar-refractivity contribution in [3.8, 4) is 0 Å². The van der Waals surface area contributed by atoms with Crippen molar-refractivity contribution >= 4 is 0 Å². The van der Waals surface area contributed by atoms with E-state index in [4.69, 9.17) is 0 Å². The lowest BCUT2D eigenvalue weighted by Gasteiger charge is -2.45. The van der Waals surface area contributed by atoms with Gasteiger partial charge in [0, 0.05) is 0 Å². The summed E-state index contributed by atoms with van der Waals surface area (Å²) in [5.41, 5.74) is 0.631. The molecule has 162 valence electrons. The Labute approximate surface area is 176 Å². The van der Waals surface area contributed by atoms with Crippen molar-refractivity contribution in [2.45, 2.75) is 103 Å². The summed E-state index contributed by atoms with van der Waals surface area (Å²) >= 11 is 0. The van der Waals surface area contributed by atoms with Crippen LogP contribution in [0.1, 0.15) is 108 Å². The van der Waals surface area contributed by atoms with Gasteiger partial charge in [-0.1, -0.05) is 57.6 Å². The highest BCUT2D eigenvalue weighted by Gasteiger charge is 2.39. The van der Waals surface area contributed by atoms with Crippen molar-refractivity contribution < 1.29 is 8.78 Å². The lowest BCUT2D eigenvalue weighted by atomic mass is 9.60. The minimum Gasteiger partial charge on any atom is -0.204 e. The molecule has 4 unspecified atom stereocenters. The Balaban J connectivity index is 1.26. The van der Waals surface area contributed by atoms with Crippen molar-refractivity contribution in [3.05, 3.63) is 35.4 Å². The van der Waals surface area contributed by atoms with E-state index in [-0.39, 0.29) is 5.92 Å². The average molecular weight is 403 g/mol. The highest BCUT2D eigenvalue weighted by atomic mass is 19.2. The number of hydrogen-bond acceptors (Lipinski definition) is 0. The SMILES string of the molecule is CCCCCC1CCC(C2CCC3CC(c4cccc(F)c4F)CCC3C2)CC1. The van der Waals surface area contributed by atoms with E-state index in [2.05, 4.69) is 6.92 Å². The molecular formula is C27H40F2. The van der Waals surface area contributed by atoms with E-state index >= 15 is 0 Å². The molecule has 3 saturated carbocycles. The van der Waals surface area contributed by atoms with Crippen LogP contribution in [0.4, 0.5) is 8.78 Å². The lowest BCUT2D eigenvalue weighted by molar-refractivity contribution is 0.0705. The molecule has 3 fully saturated rings. The Hall–Kier alpha value is -0.920. The second kappa shape index (κ2) is 9.92. The summed E-state index contributed by atoms with van der Waals surface area (Å²) < 4.78 is 27.9. The summed E-state index contributed by atoms with van der Waals surface area (Å²) in [5.74, 6) is 3.43. The number of hydrogen-bond donors (Lipinski definition) is 0. The molecule has 0 radical (unpaired) electrons. The number of rotatable bonds is 6. The molecule has 3 aliphatic carbocycles. The standard InChI is InChI=1S/C27H40F2/c1-2-3-4-6-19-9-11-20(12-10-19)21-13-14-23-18-24(16-15-22(23)17-21)25-7-5-8-26(28)27(25)29/h5,7-8,19-24H,2-4,6,9-18H2,1H3. The van der Waals surface area contributed by atoms with Gasteiger partial charge in [0.1, 0.15) is 0 Å². The molecule has 4 atom stereocenters. The third-order valence-corrected chi connectivity index (χ3v) is 8.85. The molecule has 1 aromatic rings. The minimum atomic E-state index is -0.682. The van der Waals surface area contributed by atoms with Crippen LogP contribution >= 0.6 is 0 Å². The van der Waals surface area contributed by atoms with Crippen LogP contribution in [0.3, 0.4) is 0 Å². The maximum atomic E-state index is 14.3. The maximum Gasteiger partial charge on any atom is 0.162 e. The zero-order valence-corrected chi connectivity index (χ0v) is 18.4. The summed E-state index contributed by atoms with van der Waals surface area (Å²) in [6.07, 6.45) is 19.0. The fraction of sp³-hybridized carbons (Fsp3) is 0.778. The summed E-state index contributed by atoms with van der Waals surface area (Å²) in [4.78, 5) is 0. The third-order valence-electron chi connectivity index (χ3n) is 8.85. The first-order valence-corrected chi connectivity index (χ1v) is 12.6. The van der Waals surface area contributed by atoms with Crippen LogP contribution in [0, 0.1) is 41.2 Å². The van der Waals surface area contributed by atoms with Gasteiger partial charge in [0.2, 0.25) is 0 Å². The molecule has 1 aromatic carbocycles. The van der Waals surface area contributed by atoms with Gasteiger partial charge in [-0.25, -0.2) is 8.78 Å². The molecule has 2 heteroatoms. The summed E-state index contributed by atoms with van der Waals surface area (Å²) in [6, 6.07) is 4.73. The Morgan fingerprint density at radius 3 is 2.17 bits per heavy atom. The van der Waals surface area contributed by atoms with Gasteiger partial charge in [0.05, 0.1) is 0 Å². The highest BCUT2D eigenvalue weighted by Crippen LogP contribution is 2.51. The van der Waals surface area contributed by atoms with E-state index in [9.17, 15) is 8.78 Å². The van der Waals surface area contributed by atoms with E-state index in [1.807, 2.05) is 6.07 Å². The van der Waals surface area contributed by atoms with E-state index in [1.165, 1.54) is 83.1 Å². The zero-order chi connectivity index (χ0) is 20.2. The van der Waals surface area contributed by atoms with Crippen molar-refractivity contribution in [1.29, 1.82) is 0 Å². The highest BCUT2D eigenvalue weighted by molar-refractivity contribution is 5.24. The molecule has 0 spiro atoms. The predicted molar refractivity (Wildman–Crippen MR) is 117 cm³/mol. The van der Waals surface area contributed by atoms with Crippen LogP contribution in [0.15, 0.2) is 18.2 Å². The first kappa shape index (κ1) is 21.3. The van der Waals surface area contributed by atoms with E-state index in [0.717, 1.165) is 42.4 Å². The van der Waals surface area contributed by atoms with E-state index < -0.39 is 11.6 Å². The van der Waals surface area contributed by atoms with Crippen LogP contribution in [0.2, 0.25) is 0 Å². The second-order valence-electron chi connectivity index (χ2n) is 10.5. The molecular weight excluding hydrogens is 362 g/mol. The van der Waals surface area contributed by atoms with Gasteiger partial charge in [-0.15, -0.1) is 0 Å². The molecule has 0 nitrogen and oxygen atoms in total. The normalized spacial score (nSPS) is 35.3. The predicted octanol–water partition coefficient (Wildman–Crippen LogP) is 8.65. The molecule has 0 amide bonds. The van der Waals surface area contributed by atoms with Crippen LogP contribution < -0.4 is 0 Å². The summed E-state index contributed by atoms with van der Waals surface area (Å²) in [6.45, 7) is 2.30. The van der Waals surface area contributed by atoms with Crippen molar-refractivity contribution in [3.63, 3.8) is 0 Å². The lowest BCUT2D eigenvalue weighted by Crippen LogP contribution is -2.34. The second-order valence-corrected chi connectivity index (χ2v) is 10.5. The van der Waals surface area contributed by atoms with Crippen LogP contribution in [-0.2, 0) is 0 Å². The van der Waals surface area contributed by atoms with Gasteiger partial charge in [-0.05, 0) is 98.5 Å². The molecule has 4 rings (SSSR count). The third kappa shape index (κ3) is 5.05. The Morgan fingerprint density at radius 2 is 1.41 bits per heavy atom. The molecule has 0 aliphatic heterocycles. The van der Waals surface area contributed by atoms with Crippen LogP contribution in [0.25, 0.3) is 0 Å². The fourth-order valence-corrected chi connectivity index (χ4v) is 7.10. The summed E-state index contributed by atoms with van der Waals surface area (Å²) in [5, 5.41) is 0. The largest absolute Gasteiger partial charge is 0.204 e. The average Bonchev–Trinajstić information content (AvgIpc) is 2.76. The molecule has 0 N–H and O–H groups in total. The van der Waals surface area contributed by atoms with Crippen LogP contribution in [0.5, 0.6) is 0 Å². The van der Waals surface area contributed by atoms with Gasteiger partial charge in [0.25, 0.3) is 0 Å². The van der Waals surface area contributed by atoms with E-state index in [1.54, 1.807) is 6.07 Å². The van der Waals surface area contributed by atoms with Crippen molar-refractivity contribution in [1.82, 2.24) is 0 Å². The van der Waals surface area contributed by atoms with Crippen LogP contribution in [-0.4, -0.2) is 0 Å². The Bertz CT molecular complexity index is 646. The Kier molecular flexibility index (Phi) is 7.30. The number of benzene rings is 1. The minimum absolute atomic E-state index is 0.224. The number of fused-ring (bicyclic) bond motifs is 1. The van der Waals surface area contributed by atoms with Crippen molar-refractivity contribution in [2.24, 2.45) is 29.6 Å². The topological polar surface area (TPSA) is 0 Å². The van der Waals surface area contributed by atoms with E-state index in [0.29, 0.717) is 5.56 Å². The monoisotopic (exact) mass is 402 g/mol. The van der Waals surface area contributed by atoms with Gasteiger partial charge < -0.3 is 0 Å². The van der Waals surface area contributed by atoms with Gasteiger partial charge >= 0.3 is 0 Å². The van der Waals surface area contributed by atoms with Crippen molar-refractivity contribution in [2.75, 3.05) is 0 Å². The fourth-order valence-electron chi connectivity index (χ4n) is 7.10. The van der Waals surface area contributed by atoms with Gasteiger partial charge in [0.15, 0.2) is 11.6 Å². The van der Waals surface area contributed by atoms with Gasteiger partial charge in [-0.2, -0.15) is 0 Å². The molecule has 29 heavy (non-hydrogen) atoms.